The number of rotatable bonds is 4. The van der Waals surface area contributed by atoms with Crippen LogP contribution < -0.4 is 10.6 Å². The number of alkyl halides is 3. The van der Waals surface area contributed by atoms with Gasteiger partial charge in [0.2, 0.25) is 5.89 Å². The van der Waals surface area contributed by atoms with Crippen LogP contribution in [-0.2, 0) is 12.7 Å². The first kappa shape index (κ1) is 14.1. The molecule has 0 aromatic carbocycles. The van der Waals surface area contributed by atoms with E-state index in [0.29, 0.717) is 11.7 Å². The number of aromatic nitrogens is 3. The predicted octanol–water partition coefficient (Wildman–Crippen LogP) is 2.45. The lowest BCUT2D eigenvalue weighted by Gasteiger charge is -2.11. The summed E-state index contributed by atoms with van der Waals surface area (Å²) in [5, 5.41) is 8.94. The van der Waals surface area contributed by atoms with Crippen LogP contribution in [0.25, 0.3) is 0 Å². The van der Waals surface area contributed by atoms with Gasteiger partial charge in [0.05, 0.1) is 12.1 Å². The Hall–Kier alpha value is -2.32. The second kappa shape index (κ2) is 5.35. The Bertz CT molecular complexity index is 596. The molecule has 2 aromatic rings. The van der Waals surface area contributed by atoms with Crippen molar-refractivity contribution in [3.05, 3.63) is 29.4 Å². The molecule has 2 rings (SSSR count). The van der Waals surface area contributed by atoms with Crippen LogP contribution >= 0.6 is 0 Å². The first-order valence-corrected chi connectivity index (χ1v) is 5.68. The van der Waals surface area contributed by atoms with Crippen molar-refractivity contribution in [3.8, 4) is 0 Å². The lowest BCUT2D eigenvalue weighted by Crippen LogP contribution is -2.10. The fourth-order valence-electron chi connectivity index (χ4n) is 1.50. The van der Waals surface area contributed by atoms with Crippen molar-refractivity contribution in [1.82, 2.24) is 15.1 Å². The molecule has 6 nitrogen and oxygen atoms in total. The molecule has 0 aliphatic carbocycles. The summed E-state index contributed by atoms with van der Waals surface area (Å²) in [6, 6.07) is 1.86. The van der Waals surface area contributed by atoms with E-state index in [1.807, 2.05) is 0 Å². The standard InChI is InChI=1S/C11H12F3N5O/c1-6-17-10(19-20-6)5-16-9-4-7(11(12,13)14)3-8(15-2)18-9/h3-4H,5H2,1-2H3,(H2,15,16,18). The van der Waals surface area contributed by atoms with Crippen LogP contribution in [0.5, 0.6) is 0 Å². The smallest absolute Gasteiger partial charge is 0.373 e. The maximum atomic E-state index is 12.7. The minimum Gasteiger partial charge on any atom is -0.373 e. The normalized spacial score (nSPS) is 11.4. The zero-order valence-corrected chi connectivity index (χ0v) is 10.7. The van der Waals surface area contributed by atoms with Crippen molar-refractivity contribution in [2.75, 3.05) is 17.7 Å². The molecule has 0 bridgehead atoms. The van der Waals surface area contributed by atoms with E-state index < -0.39 is 11.7 Å². The van der Waals surface area contributed by atoms with Crippen LogP contribution in [0.2, 0.25) is 0 Å². The van der Waals surface area contributed by atoms with Crippen molar-refractivity contribution in [1.29, 1.82) is 0 Å². The second-order valence-electron chi connectivity index (χ2n) is 3.96. The highest BCUT2D eigenvalue weighted by molar-refractivity contribution is 5.49. The van der Waals surface area contributed by atoms with Gasteiger partial charge in [0.1, 0.15) is 11.6 Å². The highest BCUT2D eigenvalue weighted by Gasteiger charge is 2.31. The van der Waals surface area contributed by atoms with Gasteiger partial charge in [-0.25, -0.2) is 4.98 Å². The van der Waals surface area contributed by atoms with Gasteiger partial charge in [-0.15, -0.1) is 0 Å². The quantitative estimate of drug-likeness (QED) is 0.899. The molecule has 2 N–H and O–H groups in total. The number of nitrogens with zero attached hydrogens (tertiary/aromatic N) is 3. The Morgan fingerprint density at radius 1 is 1.20 bits per heavy atom. The molecular formula is C11H12F3N5O. The molecule has 0 saturated carbocycles. The van der Waals surface area contributed by atoms with Gasteiger partial charge in [0.25, 0.3) is 0 Å². The highest BCUT2D eigenvalue weighted by atomic mass is 19.4. The largest absolute Gasteiger partial charge is 0.416 e. The maximum Gasteiger partial charge on any atom is 0.416 e. The topological polar surface area (TPSA) is 75.9 Å². The van der Waals surface area contributed by atoms with Crippen molar-refractivity contribution >= 4 is 11.6 Å². The Morgan fingerprint density at radius 3 is 2.45 bits per heavy atom. The lowest BCUT2D eigenvalue weighted by atomic mass is 10.2. The predicted molar refractivity (Wildman–Crippen MR) is 65.1 cm³/mol. The summed E-state index contributed by atoms with van der Waals surface area (Å²) < 4.78 is 42.9. The minimum atomic E-state index is -4.44. The molecule has 0 amide bonds. The summed E-state index contributed by atoms with van der Waals surface area (Å²) in [5.41, 5.74) is -0.788. The Balaban J connectivity index is 2.18. The molecule has 0 saturated heterocycles. The van der Waals surface area contributed by atoms with E-state index in [1.165, 1.54) is 7.05 Å². The minimum absolute atomic E-state index is 0.0756. The molecule has 2 heterocycles. The molecule has 20 heavy (non-hydrogen) atoms. The van der Waals surface area contributed by atoms with Gasteiger partial charge < -0.3 is 15.2 Å². The third-order valence-corrected chi connectivity index (χ3v) is 2.41. The summed E-state index contributed by atoms with van der Waals surface area (Å²) in [6.45, 7) is 1.74. The highest BCUT2D eigenvalue weighted by Crippen LogP contribution is 2.31. The zero-order valence-electron chi connectivity index (χ0n) is 10.7. The van der Waals surface area contributed by atoms with Crippen LogP contribution in [0.3, 0.4) is 0 Å². The molecule has 0 radical (unpaired) electrons. The van der Waals surface area contributed by atoms with E-state index in [2.05, 4.69) is 25.8 Å². The monoisotopic (exact) mass is 287 g/mol. The molecular weight excluding hydrogens is 275 g/mol. The second-order valence-corrected chi connectivity index (χ2v) is 3.96. The van der Waals surface area contributed by atoms with E-state index >= 15 is 0 Å². The fourth-order valence-corrected chi connectivity index (χ4v) is 1.50. The average molecular weight is 287 g/mol. The van der Waals surface area contributed by atoms with Crippen molar-refractivity contribution in [3.63, 3.8) is 0 Å². The van der Waals surface area contributed by atoms with Crippen LogP contribution in [-0.4, -0.2) is 22.2 Å². The number of halogens is 3. The van der Waals surface area contributed by atoms with Gasteiger partial charge in [-0.1, -0.05) is 5.16 Å². The van der Waals surface area contributed by atoms with E-state index in [1.54, 1.807) is 6.92 Å². The number of anilines is 2. The van der Waals surface area contributed by atoms with E-state index in [0.717, 1.165) is 12.1 Å². The summed E-state index contributed by atoms with van der Waals surface area (Å²) >= 11 is 0. The van der Waals surface area contributed by atoms with E-state index in [-0.39, 0.29) is 18.2 Å². The number of hydrogen-bond donors (Lipinski definition) is 2. The van der Waals surface area contributed by atoms with Crippen LogP contribution in [0.4, 0.5) is 24.8 Å². The third-order valence-electron chi connectivity index (χ3n) is 2.41. The van der Waals surface area contributed by atoms with Crippen LogP contribution in [0.1, 0.15) is 17.3 Å². The molecule has 0 aliphatic heterocycles. The third kappa shape index (κ3) is 3.37. The van der Waals surface area contributed by atoms with Gasteiger partial charge in [0.15, 0.2) is 5.82 Å². The Morgan fingerprint density at radius 2 is 1.90 bits per heavy atom. The molecule has 0 unspecified atom stereocenters. The SMILES string of the molecule is CNc1cc(C(F)(F)F)cc(NCc2noc(C)n2)n1. The van der Waals surface area contributed by atoms with Gasteiger partial charge in [-0.05, 0) is 12.1 Å². The molecule has 108 valence electrons. The summed E-state index contributed by atoms with van der Waals surface area (Å²) in [6.07, 6.45) is -4.44. The van der Waals surface area contributed by atoms with Gasteiger partial charge in [-0.3, -0.25) is 0 Å². The van der Waals surface area contributed by atoms with Crippen molar-refractivity contribution in [2.45, 2.75) is 19.6 Å². The summed E-state index contributed by atoms with van der Waals surface area (Å²) in [4.78, 5) is 7.91. The molecule has 9 heteroatoms. The van der Waals surface area contributed by atoms with Crippen LogP contribution in [0, 0.1) is 6.92 Å². The summed E-state index contributed by atoms with van der Waals surface area (Å²) in [7, 11) is 1.49. The van der Waals surface area contributed by atoms with Crippen molar-refractivity contribution in [2.24, 2.45) is 0 Å². The lowest BCUT2D eigenvalue weighted by molar-refractivity contribution is -0.137. The number of hydrogen-bond acceptors (Lipinski definition) is 6. The zero-order chi connectivity index (χ0) is 14.8. The van der Waals surface area contributed by atoms with Gasteiger partial charge in [-0.2, -0.15) is 18.2 Å². The first-order chi connectivity index (χ1) is 9.38. The average Bonchev–Trinajstić information content (AvgIpc) is 2.81. The van der Waals surface area contributed by atoms with Gasteiger partial charge >= 0.3 is 6.18 Å². The first-order valence-electron chi connectivity index (χ1n) is 5.68. The number of pyridine rings is 1. The molecule has 2 aromatic heterocycles. The maximum absolute atomic E-state index is 12.7. The Kier molecular flexibility index (Phi) is 3.77. The Labute approximate surface area is 112 Å². The number of aryl methyl sites for hydroxylation is 1. The van der Waals surface area contributed by atoms with E-state index in [4.69, 9.17) is 4.52 Å². The molecule has 0 atom stereocenters. The molecule has 0 fully saturated rings. The fraction of sp³-hybridized carbons (Fsp3) is 0.364. The molecule has 0 spiro atoms. The number of nitrogens with one attached hydrogen (secondary N) is 2. The van der Waals surface area contributed by atoms with Gasteiger partial charge in [0, 0.05) is 14.0 Å². The van der Waals surface area contributed by atoms with E-state index in [9.17, 15) is 13.2 Å². The molecule has 0 aliphatic rings. The van der Waals surface area contributed by atoms with Crippen LogP contribution in [0.15, 0.2) is 16.7 Å². The summed E-state index contributed by atoms with van der Waals surface area (Å²) in [5.74, 6) is 0.917. The van der Waals surface area contributed by atoms with Crippen molar-refractivity contribution < 1.29 is 17.7 Å².